The lowest BCUT2D eigenvalue weighted by atomic mass is 10.2. The molecule has 0 spiro atoms. The van der Waals surface area contributed by atoms with Gasteiger partial charge in [0.1, 0.15) is 0 Å². The molecule has 9 heavy (non-hydrogen) atoms. The molecule has 0 nitrogen and oxygen atoms in total. The second-order valence-corrected chi connectivity index (χ2v) is 3.06. The monoisotopic (exact) mass is 143 g/mol. The fraction of sp³-hybridized carbons (Fsp3) is 0.875. The lowest BCUT2D eigenvalue weighted by Crippen LogP contribution is -1.72. The van der Waals surface area contributed by atoms with Gasteiger partial charge in [-0.25, -0.2) is 0 Å². The van der Waals surface area contributed by atoms with Crippen molar-refractivity contribution in [1.29, 1.82) is 0 Å². The Morgan fingerprint density at radius 3 is 2.00 bits per heavy atom. The van der Waals surface area contributed by atoms with Crippen LogP contribution in [0.5, 0.6) is 0 Å². The van der Waals surface area contributed by atoms with E-state index in [2.05, 4.69) is 13.8 Å². The highest BCUT2D eigenvalue weighted by molar-refractivity contribution is 6.08. The van der Waals surface area contributed by atoms with Gasteiger partial charge in [0, 0.05) is 0 Å². The molecule has 0 aliphatic heterocycles. The van der Waals surface area contributed by atoms with Crippen LogP contribution in [0.1, 0.15) is 39.5 Å². The second kappa shape index (κ2) is 15.8. The zero-order chi connectivity index (χ0) is 7.54. The SMILES string of the molecule is CCCCC[CH2][AlH2].[CH2]C. The molecule has 0 aromatic carbocycles. The summed E-state index contributed by atoms with van der Waals surface area (Å²) in [5.74, 6) is 0. The van der Waals surface area contributed by atoms with E-state index in [0.717, 1.165) is 0 Å². The van der Waals surface area contributed by atoms with Crippen molar-refractivity contribution in [1.82, 2.24) is 0 Å². The van der Waals surface area contributed by atoms with Crippen molar-refractivity contribution >= 4 is 16.3 Å². The van der Waals surface area contributed by atoms with Gasteiger partial charge in [-0.3, -0.25) is 0 Å². The molecule has 0 bridgehead atoms. The van der Waals surface area contributed by atoms with Crippen molar-refractivity contribution in [2.75, 3.05) is 0 Å². The van der Waals surface area contributed by atoms with Gasteiger partial charge in [0.05, 0.1) is 0 Å². The summed E-state index contributed by atoms with van der Waals surface area (Å²) in [5.41, 5.74) is 0. The zero-order valence-electron chi connectivity index (χ0n) is 7.24. The summed E-state index contributed by atoms with van der Waals surface area (Å²) in [5, 5.41) is 1.50. The van der Waals surface area contributed by atoms with Crippen molar-refractivity contribution in [3.63, 3.8) is 0 Å². The van der Waals surface area contributed by atoms with Gasteiger partial charge in [0.15, 0.2) is 0 Å². The maximum absolute atomic E-state index is 3.25. The predicted octanol–water partition coefficient (Wildman–Crippen LogP) is 2.46. The van der Waals surface area contributed by atoms with Crippen LogP contribution in [0.25, 0.3) is 0 Å². The Bertz CT molecular complexity index is 23.7. The quantitative estimate of drug-likeness (QED) is 0.419. The lowest BCUT2D eigenvalue weighted by molar-refractivity contribution is 0.701. The van der Waals surface area contributed by atoms with E-state index in [1.54, 1.807) is 6.92 Å². The van der Waals surface area contributed by atoms with Crippen molar-refractivity contribution in [3.05, 3.63) is 6.92 Å². The summed E-state index contributed by atoms with van der Waals surface area (Å²) in [7, 11) is 0. The fourth-order valence-electron chi connectivity index (χ4n) is 0.677. The first-order valence-electron chi connectivity index (χ1n) is 4.12. The first kappa shape index (κ1) is 12.2. The van der Waals surface area contributed by atoms with Gasteiger partial charge in [-0.1, -0.05) is 46.5 Å². The third-order valence-electron chi connectivity index (χ3n) is 1.21. The standard InChI is InChI=1S/C6H13.C2H5.Al.2H/c1-3-5-6-4-2;1-2;;;/h1,3-6H2,2H3;1H2,2H3;;;. The lowest BCUT2D eigenvalue weighted by Gasteiger charge is -1.90. The van der Waals surface area contributed by atoms with Gasteiger partial charge in [0.2, 0.25) is 16.3 Å². The van der Waals surface area contributed by atoms with E-state index in [4.69, 9.17) is 0 Å². The molecule has 0 heterocycles. The molecule has 0 aromatic heterocycles. The molecule has 0 aliphatic rings. The van der Waals surface area contributed by atoms with Gasteiger partial charge in [-0.15, -0.1) is 5.28 Å². The Kier molecular flexibility index (Phi) is 21.5. The summed E-state index contributed by atoms with van der Waals surface area (Å²) in [6.07, 6.45) is 5.78. The second-order valence-electron chi connectivity index (χ2n) is 2.06. The summed E-state index contributed by atoms with van der Waals surface area (Å²) in [6, 6.07) is 0. The van der Waals surface area contributed by atoms with Gasteiger partial charge in [-0.05, 0) is 0 Å². The van der Waals surface area contributed by atoms with Gasteiger partial charge in [-0.2, -0.15) is 0 Å². The minimum absolute atomic E-state index is 1.38. The predicted molar refractivity (Wildman–Crippen MR) is 48.5 cm³/mol. The van der Waals surface area contributed by atoms with Crippen LogP contribution in [0.4, 0.5) is 0 Å². The number of rotatable bonds is 4. The molecule has 0 amide bonds. The highest BCUT2D eigenvalue weighted by Crippen LogP contribution is 1.99. The van der Waals surface area contributed by atoms with E-state index in [1.165, 1.54) is 47.3 Å². The molecule has 0 N–H and O–H groups in total. The molecule has 0 unspecified atom stereocenters. The van der Waals surface area contributed by atoms with E-state index in [9.17, 15) is 0 Å². The number of hydrogen-bond acceptors (Lipinski definition) is 0. The topological polar surface area (TPSA) is 0 Å². The Balaban J connectivity index is 0. The molecule has 55 valence electrons. The first-order chi connectivity index (χ1) is 4.41. The maximum atomic E-state index is 3.25. The zero-order valence-corrected chi connectivity index (χ0v) is 9.24. The molecule has 0 atom stereocenters. The highest BCUT2D eigenvalue weighted by Gasteiger charge is 1.80. The van der Waals surface area contributed by atoms with Crippen LogP contribution in [0.15, 0.2) is 0 Å². The van der Waals surface area contributed by atoms with E-state index in [-0.39, 0.29) is 0 Å². The van der Waals surface area contributed by atoms with Crippen LogP contribution in [0.3, 0.4) is 0 Å². The van der Waals surface area contributed by atoms with Gasteiger partial charge >= 0.3 is 0 Å². The van der Waals surface area contributed by atoms with E-state index in [1.807, 2.05) is 0 Å². The summed E-state index contributed by atoms with van der Waals surface area (Å²) < 4.78 is 0. The molecule has 1 radical (unpaired) electrons. The molecule has 0 aliphatic carbocycles. The van der Waals surface area contributed by atoms with Crippen LogP contribution in [0.2, 0.25) is 5.28 Å². The first-order valence-corrected chi connectivity index (χ1v) is 5.54. The minimum Gasteiger partial charge on any atom is -0.101 e. The number of unbranched alkanes of at least 4 members (excludes halogenated alkanes) is 3. The summed E-state index contributed by atoms with van der Waals surface area (Å²) in [4.78, 5) is 0. The molecule has 0 saturated carbocycles. The van der Waals surface area contributed by atoms with E-state index < -0.39 is 0 Å². The summed E-state index contributed by atoms with van der Waals surface area (Å²) >= 11 is 1.41. The normalized spacial score (nSPS) is 7.89. The molecule has 0 aromatic rings. The minimum atomic E-state index is 1.38. The Hall–Kier alpha value is 0.532. The largest absolute Gasteiger partial charge is 0.211 e. The van der Waals surface area contributed by atoms with Crippen molar-refractivity contribution < 1.29 is 0 Å². The molecular formula is C8H20Al. The van der Waals surface area contributed by atoms with Crippen LogP contribution in [0, 0.1) is 6.92 Å². The molecule has 1 heteroatoms. The molecule has 0 saturated heterocycles. The van der Waals surface area contributed by atoms with E-state index in [0.29, 0.717) is 0 Å². The van der Waals surface area contributed by atoms with Gasteiger partial charge < -0.3 is 0 Å². The molecular weight excluding hydrogens is 123 g/mol. The van der Waals surface area contributed by atoms with E-state index >= 15 is 0 Å². The Morgan fingerprint density at radius 1 is 1.11 bits per heavy atom. The van der Waals surface area contributed by atoms with Crippen LogP contribution < -0.4 is 0 Å². The Morgan fingerprint density at radius 2 is 1.67 bits per heavy atom. The third kappa shape index (κ3) is 17.7. The Labute approximate surface area is 68.5 Å². The van der Waals surface area contributed by atoms with Crippen LogP contribution in [-0.2, 0) is 0 Å². The summed E-state index contributed by atoms with van der Waals surface area (Å²) in [6.45, 7) is 7.26. The van der Waals surface area contributed by atoms with Crippen molar-refractivity contribution in [2.24, 2.45) is 0 Å². The van der Waals surface area contributed by atoms with Crippen molar-refractivity contribution in [3.8, 4) is 0 Å². The fourth-order valence-corrected chi connectivity index (χ4v) is 1.18. The van der Waals surface area contributed by atoms with Gasteiger partial charge in [0.25, 0.3) is 0 Å². The van der Waals surface area contributed by atoms with Crippen molar-refractivity contribution in [2.45, 2.75) is 44.8 Å². The maximum Gasteiger partial charge on any atom is 0.211 e. The number of hydrogen-bond donors (Lipinski definition) is 0. The highest BCUT2D eigenvalue weighted by atomic mass is 27.0. The van der Waals surface area contributed by atoms with Crippen LogP contribution in [-0.4, -0.2) is 16.3 Å². The average Bonchev–Trinajstić information content (AvgIpc) is 1.94. The third-order valence-corrected chi connectivity index (χ3v) is 1.91. The van der Waals surface area contributed by atoms with Crippen LogP contribution >= 0.6 is 0 Å². The molecule has 0 rings (SSSR count). The smallest absolute Gasteiger partial charge is 0.101 e. The molecule has 0 fully saturated rings. The average molecular weight is 143 g/mol.